The summed E-state index contributed by atoms with van der Waals surface area (Å²) >= 11 is 5.96. The van der Waals surface area contributed by atoms with Gasteiger partial charge in [0.25, 0.3) is 0 Å². The van der Waals surface area contributed by atoms with Crippen molar-refractivity contribution in [2.75, 3.05) is 18.6 Å². The maximum Gasteiger partial charge on any atom is 0.338 e. The van der Waals surface area contributed by atoms with E-state index in [1.807, 2.05) is 6.07 Å². The molecule has 152 valence electrons. The Bertz CT molecular complexity index is 927. The van der Waals surface area contributed by atoms with Crippen LogP contribution in [-0.2, 0) is 20.7 Å². The summed E-state index contributed by atoms with van der Waals surface area (Å²) in [5.74, 6) is -0.750. The number of nitrogens with one attached hydrogen (secondary N) is 1. The van der Waals surface area contributed by atoms with Gasteiger partial charge in [-0.05, 0) is 48.2 Å². The zero-order valence-electron chi connectivity index (χ0n) is 16.4. The fraction of sp³-hybridized carbons (Fsp3) is 0.318. The van der Waals surface area contributed by atoms with Crippen LogP contribution < -0.4 is 10.2 Å². The number of anilines is 1. The molecule has 1 aliphatic heterocycles. The zero-order valence-corrected chi connectivity index (χ0v) is 17.2. The lowest BCUT2D eigenvalue weighted by Crippen LogP contribution is -2.39. The van der Waals surface area contributed by atoms with Crippen LogP contribution in [0.15, 0.2) is 42.5 Å². The second-order valence-corrected chi connectivity index (χ2v) is 7.39. The third kappa shape index (κ3) is 4.77. The first-order valence-corrected chi connectivity index (χ1v) is 9.81. The number of fused-ring (bicyclic) bond motifs is 1. The van der Waals surface area contributed by atoms with Crippen molar-refractivity contribution in [2.24, 2.45) is 0 Å². The number of ether oxygens (including phenoxy) is 1. The molecule has 0 aromatic heterocycles. The molecule has 0 bridgehead atoms. The summed E-state index contributed by atoms with van der Waals surface area (Å²) in [4.78, 5) is 38.6. The monoisotopic (exact) mass is 414 g/mol. The maximum atomic E-state index is 13.2. The van der Waals surface area contributed by atoms with Gasteiger partial charge in [-0.3, -0.25) is 9.59 Å². The summed E-state index contributed by atoms with van der Waals surface area (Å²) in [6.07, 6.45) is 1.55. The number of halogens is 1. The highest BCUT2D eigenvalue weighted by atomic mass is 35.5. The number of methoxy groups -OCH3 is 1. The highest BCUT2D eigenvalue weighted by Gasteiger charge is 2.28. The van der Waals surface area contributed by atoms with Crippen molar-refractivity contribution >= 4 is 35.1 Å². The van der Waals surface area contributed by atoms with E-state index in [4.69, 9.17) is 16.3 Å². The highest BCUT2D eigenvalue weighted by molar-refractivity contribution is 6.30. The molecule has 0 fully saturated rings. The highest BCUT2D eigenvalue weighted by Crippen LogP contribution is 2.32. The van der Waals surface area contributed by atoms with Gasteiger partial charge in [-0.1, -0.05) is 29.8 Å². The molecule has 1 aliphatic rings. The molecule has 2 aromatic rings. The first kappa shape index (κ1) is 20.9. The number of hydrogen-bond donors (Lipinski definition) is 1. The van der Waals surface area contributed by atoms with Crippen LogP contribution in [0.2, 0.25) is 5.02 Å². The molecule has 0 spiro atoms. The molecule has 1 unspecified atom stereocenters. The van der Waals surface area contributed by atoms with Crippen molar-refractivity contribution in [1.29, 1.82) is 0 Å². The molecular weight excluding hydrogens is 392 g/mol. The lowest BCUT2D eigenvalue weighted by atomic mass is 9.95. The molecule has 6 nitrogen and oxygen atoms in total. The Labute approximate surface area is 174 Å². The molecule has 1 heterocycles. The van der Waals surface area contributed by atoms with Crippen molar-refractivity contribution in [3.05, 3.63) is 64.2 Å². The number of rotatable bonds is 5. The Hall–Kier alpha value is -2.86. The zero-order chi connectivity index (χ0) is 21.0. The minimum absolute atomic E-state index is 0.100. The van der Waals surface area contributed by atoms with E-state index in [0.29, 0.717) is 23.6 Å². The van der Waals surface area contributed by atoms with Crippen molar-refractivity contribution in [2.45, 2.75) is 32.2 Å². The van der Waals surface area contributed by atoms with E-state index in [2.05, 4.69) is 5.32 Å². The van der Waals surface area contributed by atoms with E-state index in [9.17, 15) is 14.4 Å². The van der Waals surface area contributed by atoms with Crippen LogP contribution in [0.5, 0.6) is 0 Å². The Morgan fingerprint density at radius 2 is 1.90 bits per heavy atom. The second kappa shape index (κ2) is 9.09. The van der Waals surface area contributed by atoms with Crippen LogP contribution in [0.25, 0.3) is 0 Å². The van der Waals surface area contributed by atoms with E-state index in [0.717, 1.165) is 23.2 Å². The molecule has 1 N–H and O–H groups in total. The van der Waals surface area contributed by atoms with Gasteiger partial charge in [-0.2, -0.15) is 0 Å². The lowest BCUT2D eigenvalue weighted by Gasteiger charge is -2.32. The Morgan fingerprint density at radius 3 is 2.55 bits per heavy atom. The Balaban J connectivity index is 1.87. The van der Waals surface area contributed by atoms with Crippen molar-refractivity contribution in [1.82, 2.24) is 5.32 Å². The van der Waals surface area contributed by atoms with Gasteiger partial charge in [0.15, 0.2) is 0 Å². The molecular formula is C22H23ClN2O4. The fourth-order valence-corrected chi connectivity index (χ4v) is 3.79. The topological polar surface area (TPSA) is 75.7 Å². The Kier molecular flexibility index (Phi) is 6.54. The van der Waals surface area contributed by atoms with Gasteiger partial charge in [0.1, 0.15) is 0 Å². The summed E-state index contributed by atoms with van der Waals surface area (Å²) in [5.41, 5.74) is 2.83. The maximum absolute atomic E-state index is 13.2. The average Bonchev–Trinajstić information content (AvgIpc) is 2.72. The van der Waals surface area contributed by atoms with E-state index in [1.165, 1.54) is 14.0 Å². The first-order valence-electron chi connectivity index (χ1n) is 9.44. The van der Waals surface area contributed by atoms with Gasteiger partial charge in [-0.15, -0.1) is 0 Å². The average molecular weight is 415 g/mol. The van der Waals surface area contributed by atoms with Gasteiger partial charge in [-0.25, -0.2) is 4.79 Å². The van der Waals surface area contributed by atoms with E-state index >= 15 is 0 Å². The molecule has 0 saturated heterocycles. The summed E-state index contributed by atoms with van der Waals surface area (Å²) in [6, 6.07) is 11.9. The third-order valence-electron chi connectivity index (χ3n) is 4.99. The van der Waals surface area contributed by atoms with Crippen molar-refractivity contribution in [3.8, 4) is 0 Å². The summed E-state index contributed by atoms with van der Waals surface area (Å²) in [6.45, 7) is 1.98. The smallest absolute Gasteiger partial charge is 0.338 e. The lowest BCUT2D eigenvalue weighted by molar-refractivity contribution is -0.121. The fourth-order valence-electron chi connectivity index (χ4n) is 3.66. The normalized spacial score (nSPS) is 14.0. The van der Waals surface area contributed by atoms with Gasteiger partial charge in [0.2, 0.25) is 11.8 Å². The number of benzene rings is 2. The number of amides is 2. The van der Waals surface area contributed by atoms with Gasteiger partial charge in [0.05, 0.1) is 25.1 Å². The number of nitrogens with zero attached hydrogens (tertiary/aromatic N) is 1. The SMILES string of the molecule is COC(=O)c1cccc2c1CCCN2C(=O)CC(NC(C)=O)c1ccc(Cl)cc1. The minimum atomic E-state index is -0.466. The quantitative estimate of drug-likeness (QED) is 0.757. The summed E-state index contributed by atoms with van der Waals surface area (Å²) in [7, 11) is 1.34. The van der Waals surface area contributed by atoms with Crippen LogP contribution in [0.4, 0.5) is 5.69 Å². The number of hydrogen-bond acceptors (Lipinski definition) is 4. The standard InChI is InChI=1S/C22H23ClN2O4/c1-14(26)24-19(15-8-10-16(23)11-9-15)13-21(27)25-12-4-6-17-18(22(28)29-2)5-3-7-20(17)25/h3,5,7-11,19H,4,6,12-13H2,1-2H3,(H,24,26). The molecule has 0 radical (unpaired) electrons. The second-order valence-electron chi connectivity index (χ2n) is 6.95. The van der Waals surface area contributed by atoms with Gasteiger partial charge in [0, 0.05) is 24.2 Å². The molecule has 2 aromatic carbocycles. The molecule has 7 heteroatoms. The predicted octanol–water partition coefficient (Wildman–Crippen LogP) is 3.67. The predicted molar refractivity (Wildman–Crippen MR) is 111 cm³/mol. The number of carbonyl (C=O) groups excluding carboxylic acids is 3. The van der Waals surface area contributed by atoms with Gasteiger partial charge >= 0.3 is 5.97 Å². The number of esters is 1. The third-order valence-corrected chi connectivity index (χ3v) is 5.24. The van der Waals surface area contributed by atoms with E-state index < -0.39 is 12.0 Å². The summed E-state index contributed by atoms with van der Waals surface area (Å²) < 4.78 is 4.87. The molecule has 0 aliphatic carbocycles. The van der Waals surface area contributed by atoms with Crippen molar-refractivity contribution in [3.63, 3.8) is 0 Å². The van der Waals surface area contributed by atoms with E-state index in [-0.39, 0.29) is 18.2 Å². The molecule has 0 saturated carbocycles. The summed E-state index contributed by atoms with van der Waals surface area (Å²) in [5, 5.41) is 3.43. The molecule has 1 atom stereocenters. The first-order chi connectivity index (χ1) is 13.9. The number of carbonyl (C=O) groups is 3. The van der Waals surface area contributed by atoms with Crippen LogP contribution in [0.3, 0.4) is 0 Å². The largest absolute Gasteiger partial charge is 0.465 e. The van der Waals surface area contributed by atoms with Crippen LogP contribution in [0.1, 0.15) is 47.3 Å². The van der Waals surface area contributed by atoms with E-state index in [1.54, 1.807) is 41.3 Å². The van der Waals surface area contributed by atoms with Gasteiger partial charge < -0.3 is 15.0 Å². The van der Waals surface area contributed by atoms with Crippen LogP contribution in [-0.4, -0.2) is 31.4 Å². The van der Waals surface area contributed by atoms with Crippen molar-refractivity contribution < 1.29 is 19.1 Å². The van der Waals surface area contributed by atoms with Crippen LogP contribution in [0, 0.1) is 0 Å². The molecule has 2 amide bonds. The molecule has 29 heavy (non-hydrogen) atoms. The minimum Gasteiger partial charge on any atom is -0.465 e. The Morgan fingerprint density at radius 1 is 1.17 bits per heavy atom. The molecule has 3 rings (SSSR count). The van der Waals surface area contributed by atoms with Crippen LogP contribution >= 0.6 is 11.6 Å².